The lowest BCUT2D eigenvalue weighted by atomic mass is 10.1. The molecule has 0 aliphatic heterocycles. The Morgan fingerprint density at radius 3 is 2.76 bits per heavy atom. The number of carbonyl (C=O) groups is 2. The van der Waals surface area contributed by atoms with Gasteiger partial charge < -0.3 is 9.73 Å². The van der Waals surface area contributed by atoms with Crippen molar-refractivity contribution in [3.05, 3.63) is 59.5 Å². The van der Waals surface area contributed by atoms with Gasteiger partial charge in [-0.1, -0.05) is 18.2 Å². The number of hydrogen-bond acceptors (Lipinski definition) is 4. The first kappa shape index (κ1) is 14.5. The summed E-state index contributed by atoms with van der Waals surface area (Å²) in [6.45, 7) is 1.69. The number of rotatable bonds is 5. The highest BCUT2D eigenvalue weighted by molar-refractivity contribution is 5.97. The Balaban J connectivity index is 1.79. The molecule has 2 amide bonds. The third-order valence-corrected chi connectivity index (χ3v) is 2.72. The highest BCUT2D eigenvalue weighted by atomic mass is 16.3. The van der Waals surface area contributed by atoms with Crippen LogP contribution in [0.5, 0.6) is 0 Å². The molecule has 0 saturated heterocycles. The van der Waals surface area contributed by atoms with Gasteiger partial charge in [0.25, 0.3) is 11.8 Å². The number of amides is 2. The fourth-order valence-electron chi connectivity index (χ4n) is 1.66. The number of benzene rings is 1. The standard InChI is InChI=1S/C15H15N3O3/c1-11-5-2-3-7-13(11)15(20)16-10-14(19)18-17-9-12-6-4-8-21-12/h2-9H,10H2,1H3,(H,16,20)(H,18,19)/b17-9-. The van der Waals surface area contributed by atoms with E-state index in [-0.39, 0.29) is 12.5 Å². The Labute approximate surface area is 121 Å². The number of furan rings is 1. The monoisotopic (exact) mass is 285 g/mol. The molecular formula is C15H15N3O3. The summed E-state index contributed by atoms with van der Waals surface area (Å²) in [5, 5.41) is 6.25. The van der Waals surface area contributed by atoms with Crippen LogP contribution in [0.25, 0.3) is 0 Å². The van der Waals surface area contributed by atoms with Gasteiger partial charge in [-0.05, 0) is 30.7 Å². The van der Waals surface area contributed by atoms with E-state index in [9.17, 15) is 9.59 Å². The molecule has 0 fully saturated rings. The van der Waals surface area contributed by atoms with Gasteiger partial charge in [0.15, 0.2) is 0 Å². The second-order valence-electron chi connectivity index (χ2n) is 4.31. The van der Waals surface area contributed by atoms with Gasteiger partial charge in [-0.3, -0.25) is 9.59 Å². The molecule has 1 heterocycles. The average Bonchev–Trinajstić information content (AvgIpc) is 2.98. The van der Waals surface area contributed by atoms with E-state index < -0.39 is 5.91 Å². The quantitative estimate of drug-likeness (QED) is 0.644. The van der Waals surface area contributed by atoms with Crippen LogP contribution in [0, 0.1) is 6.92 Å². The van der Waals surface area contributed by atoms with Gasteiger partial charge in [-0.15, -0.1) is 0 Å². The maximum atomic E-state index is 11.9. The van der Waals surface area contributed by atoms with Crippen molar-refractivity contribution in [3.63, 3.8) is 0 Å². The summed E-state index contributed by atoms with van der Waals surface area (Å²) in [5.74, 6) is -0.183. The van der Waals surface area contributed by atoms with Crippen molar-refractivity contribution in [2.24, 2.45) is 5.10 Å². The molecule has 2 rings (SSSR count). The number of carbonyl (C=O) groups excluding carboxylic acids is 2. The van der Waals surface area contributed by atoms with E-state index >= 15 is 0 Å². The third kappa shape index (κ3) is 4.31. The van der Waals surface area contributed by atoms with Crippen LogP contribution in [-0.2, 0) is 4.79 Å². The van der Waals surface area contributed by atoms with Crippen molar-refractivity contribution in [2.45, 2.75) is 6.92 Å². The molecule has 0 saturated carbocycles. The minimum atomic E-state index is -0.417. The van der Waals surface area contributed by atoms with Crippen LogP contribution in [0.2, 0.25) is 0 Å². The van der Waals surface area contributed by atoms with E-state index in [4.69, 9.17) is 4.42 Å². The molecule has 0 radical (unpaired) electrons. The first-order valence-electron chi connectivity index (χ1n) is 6.36. The third-order valence-electron chi connectivity index (χ3n) is 2.72. The lowest BCUT2D eigenvalue weighted by Gasteiger charge is -2.06. The van der Waals surface area contributed by atoms with E-state index in [0.29, 0.717) is 11.3 Å². The second-order valence-corrected chi connectivity index (χ2v) is 4.31. The molecule has 0 aliphatic carbocycles. The van der Waals surface area contributed by atoms with Crippen LogP contribution >= 0.6 is 0 Å². The van der Waals surface area contributed by atoms with Crippen molar-refractivity contribution in [1.29, 1.82) is 0 Å². The molecule has 0 unspecified atom stereocenters. The maximum absolute atomic E-state index is 11.9. The van der Waals surface area contributed by atoms with E-state index in [1.54, 1.807) is 24.3 Å². The minimum Gasteiger partial charge on any atom is -0.463 e. The molecule has 1 aromatic carbocycles. The van der Waals surface area contributed by atoms with Gasteiger partial charge in [0.2, 0.25) is 0 Å². The fourth-order valence-corrected chi connectivity index (χ4v) is 1.66. The first-order chi connectivity index (χ1) is 10.2. The highest BCUT2D eigenvalue weighted by Crippen LogP contribution is 2.05. The van der Waals surface area contributed by atoms with Crippen molar-refractivity contribution >= 4 is 18.0 Å². The van der Waals surface area contributed by atoms with Crippen LogP contribution in [0.15, 0.2) is 52.2 Å². The summed E-state index contributed by atoms with van der Waals surface area (Å²) in [6, 6.07) is 10.6. The highest BCUT2D eigenvalue weighted by Gasteiger charge is 2.09. The zero-order chi connectivity index (χ0) is 15.1. The fraction of sp³-hybridized carbons (Fsp3) is 0.133. The van der Waals surface area contributed by atoms with Gasteiger partial charge in [-0.2, -0.15) is 5.10 Å². The smallest absolute Gasteiger partial charge is 0.259 e. The second kappa shape index (κ2) is 7.04. The Morgan fingerprint density at radius 1 is 1.24 bits per heavy atom. The van der Waals surface area contributed by atoms with Crippen LogP contribution in [0.1, 0.15) is 21.7 Å². The van der Waals surface area contributed by atoms with Crippen molar-refractivity contribution in [1.82, 2.24) is 10.7 Å². The lowest BCUT2D eigenvalue weighted by Crippen LogP contribution is -2.35. The molecule has 0 atom stereocenters. The summed E-state index contributed by atoms with van der Waals surface area (Å²) in [6.07, 6.45) is 2.88. The molecule has 0 bridgehead atoms. The minimum absolute atomic E-state index is 0.150. The van der Waals surface area contributed by atoms with Crippen molar-refractivity contribution in [2.75, 3.05) is 6.54 Å². The molecule has 1 aromatic heterocycles. The van der Waals surface area contributed by atoms with Crippen LogP contribution in [0.4, 0.5) is 0 Å². The zero-order valence-corrected chi connectivity index (χ0v) is 11.5. The predicted octanol–water partition coefficient (Wildman–Crippen LogP) is 1.47. The number of aryl methyl sites for hydroxylation is 1. The number of nitrogens with one attached hydrogen (secondary N) is 2. The molecule has 108 valence electrons. The Morgan fingerprint density at radius 2 is 2.05 bits per heavy atom. The Bertz CT molecular complexity index is 648. The SMILES string of the molecule is Cc1ccccc1C(=O)NCC(=O)N/N=C\c1ccco1. The van der Waals surface area contributed by atoms with Gasteiger partial charge in [0.1, 0.15) is 5.76 Å². The summed E-state index contributed by atoms with van der Waals surface area (Å²) in [4.78, 5) is 23.4. The largest absolute Gasteiger partial charge is 0.463 e. The predicted molar refractivity (Wildman–Crippen MR) is 78.0 cm³/mol. The Hall–Kier alpha value is -2.89. The topological polar surface area (TPSA) is 83.7 Å². The van der Waals surface area contributed by atoms with E-state index in [1.807, 2.05) is 19.1 Å². The molecule has 2 N–H and O–H groups in total. The lowest BCUT2D eigenvalue weighted by molar-refractivity contribution is -0.120. The van der Waals surface area contributed by atoms with Crippen LogP contribution in [-0.4, -0.2) is 24.6 Å². The molecule has 2 aromatic rings. The van der Waals surface area contributed by atoms with E-state index in [0.717, 1.165) is 5.56 Å². The van der Waals surface area contributed by atoms with Gasteiger partial charge in [0, 0.05) is 5.56 Å². The summed E-state index contributed by atoms with van der Waals surface area (Å²) >= 11 is 0. The number of nitrogens with zero attached hydrogens (tertiary/aromatic N) is 1. The van der Waals surface area contributed by atoms with Crippen molar-refractivity contribution < 1.29 is 14.0 Å². The molecule has 21 heavy (non-hydrogen) atoms. The molecule has 0 spiro atoms. The zero-order valence-electron chi connectivity index (χ0n) is 11.5. The Kier molecular flexibility index (Phi) is 4.87. The maximum Gasteiger partial charge on any atom is 0.259 e. The van der Waals surface area contributed by atoms with Gasteiger partial charge in [-0.25, -0.2) is 5.43 Å². The summed E-state index contributed by atoms with van der Waals surface area (Å²) < 4.78 is 5.01. The molecular weight excluding hydrogens is 270 g/mol. The van der Waals surface area contributed by atoms with Crippen molar-refractivity contribution in [3.8, 4) is 0 Å². The average molecular weight is 285 g/mol. The number of hydrazone groups is 1. The van der Waals surface area contributed by atoms with Gasteiger partial charge >= 0.3 is 0 Å². The van der Waals surface area contributed by atoms with E-state index in [1.165, 1.54) is 12.5 Å². The molecule has 6 heteroatoms. The van der Waals surface area contributed by atoms with E-state index in [2.05, 4.69) is 15.8 Å². The first-order valence-corrected chi connectivity index (χ1v) is 6.36. The van der Waals surface area contributed by atoms with Crippen LogP contribution < -0.4 is 10.7 Å². The van der Waals surface area contributed by atoms with Gasteiger partial charge in [0.05, 0.1) is 19.0 Å². The normalized spacial score (nSPS) is 10.5. The summed E-state index contributed by atoms with van der Waals surface area (Å²) in [7, 11) is 0. The number of hydrogen-bond donors (Lipinski definition) is 2. The molecule has 6 nitrogen and oxygen atoms in total. The summed E-state index contributed by atoms with van der Waals surface area (Å²) in [5.41, 5.74) is 3.70. The van der Waals surface area contributed by atoms with Crippen LogP contribution in [0.3, 0.4) is 0 Å². The molecule has 0 aliphatic rings.